The van der Waals surface area contributed by atoms with Gasteiger partial charge in [0.15, 0.2) is 5.78 Å². The topological polar surface area (TPSA) is 70.7 Å². The number of ether oxygens (including phenoxy) is 1. The highest BCUT2D eigenvalue weighted by atomic mass is 19.1. The molecule has 8 heteroatoms. The van der Waals surface area contributed by atoms with Gasteiger partial charge in [-0.1, -0.05) is 44.2 Å². The highest BCUT2D eigenvalue weighted by molar-refractivity contribution is 6.01. The number of ketones is 1. The first-order chi connectivity index (χ1) is 18.6. The van der Waals surface area contributed by atoms with Crippen LogP contribution in [0.2, 0.25) is 0 Å². The molecular formula is C31H31F2N3O3. The van der Waals surface area contributed by atoms with Gasteiger partial charge in [-0.15, -0.1) is 0 Å². The van der Waals surface area contributed by atoms with Crippen molar-refractivity contribution in [2.24, 2.45) is 5.41 Å². The largest absolute Gasteiger partial charge is 0.497 e. The zero-order valence-electron chi connectivity index (χ0n) is 22.2. The minimum Gasteiger partial charge on any atom is -0.497 e. The number of hydrogen-bond donors (Lipinski definition) is 2. The molecule has 0 radical (unpaired) electrons. The summed E-state index contributed by atoms with van der Waals surface area (Å²) in [5, 5.41) is 6.36. The molecule has 0 saturated carbocycles. The lowest BCUT2D eigenvalue weighted by Crippen LogP contribution is -2.42. The number of amides is 1. The Hall–Kier alpha value is -4.20. The summed E-state index contributed by atoms with van der Waals surface area (Å²) in [6.07, 6.45) is 0.844. The quantitative estimate of drug-likeness (QED) is 0.414. The number of methoxy groups -OCH3 is 1. The first-order valence-corrected chi connectivity index (χ1v) is 12.9. The van der Waals surface area contributed by atoms with E-state index < -0.39 is 17.7 Å². The SMILES string of the molecule is COc1cccc(CNC(=O)CN2c3ccccc3NC3=C(C(=O)CC(C)(C)C3)C2c2ccc(F)cc2F)c1. The van der Waals surface area contributed by atoms with Crippen LogP contribution >= 0.6 is 0 Å². The molecule has 1 unspecified atom stereocenters. The molecule has 1 atom stereocenters. The highest BCUT2D eigenvalue weighted by Gasteiger charge is 2.42. The molecule has 1 heterocycles. The summed E-state index contributed by atoms with van der Waals surface area (Å²) >= 11 is 0. The van der Waals surface area contributed by atoms with Crippen LogP contribution < -0.4 is 20.3 Å². The molecular weight excluding hydrogens is 500 g/mol. The van der Waals surface area contributed by atoms with Crippen molar-refractivity contribution in [3.63, 3.8) is 0 Å². The molecule has 6 nitrogen and oxygen atoms in total. The second-order valence-corrected chi connectivity index (χ2v) is 10.8. The molecule has 2 N–H and O–H groups in total. The van der Waals surface area contributed by atoms with Gasteiger partial charge < -0.3 is 20.3 Å². The van der Waals surface area contributed by atoms with Crippen molar-refractivity contribution in [1.29, 1.82) is 0 Å². The van der Waals surface area contributed by atoms with Gasteiger partial charge in [0.25, 0.3) is 0 Å². The predicted octanol–water partition coefficient (Wildman–Crippen LogP) is 5.91. The number of carbonyl (C=O) groups is 2. The number of allylic oxidation sites excluding steroid dienone is 1. The number of halogens is 2. The Morgan fingerprint density at radius 1 is 1.08 bits per heavy atom. The van der Waals surface area contributed by atoms with Crippen molar-refractivity contribution >= 4 is 23.1 Å². The molecule has 1 aliphatic carbocycles. The van der Waals surface area contributed by atoms with E-state index in [0.717, 1.165) is 11.6 Å². The van der Waals surface area contributed by atoms with E-state index in [9.17, 15) is 14.0 Å². The molecule has 5 rings (SSSR count). The lowest BCUT2D eigenvalue weighted by atomic mass is 9.73. The predicted molar refractivity (Wildman–Crippen MR) is 146 cm³/mol. The number of fused-ring (bicyclic) bond motifs is 1. The maximum atomic E-state index is 15.4. The van der Waals surface area contributed by atoms with E-state index in [0.29, 0.717) is 34.8 Å². The Morgan fingerprint density at radius 3 is 2.64 bits per heavy atom. The molecule has 2 aliphatic rings. The summed E-state index contributed by atoms with van der Waals surface area (Å²) in [7, 11) is 1.58. The van der Waals surface area contributed by atoms with Crippen molar-refractivity contribution < 1.29 is 23.1 Å². The zero-order chi connectivity index (χ0) is 27.7. The summed E-state index contributed by atoms with van der Waals surface area (Å²) in [5.74, 6) is -1.24. The van der Waals surface area contributed by atoms with Crippen molar-refractivity contribution in [2.45, 2.75) is 39.3 Å². The highest BCUT2D eigenvalue weighted by Crippen LogP contribution is 2.48. The van der Waals surface area contributed by atoms with Crippen LogP contribution in [0.15, 0.2) is 78.0 Å². The van der Waals surface area contributed by atoms with E-state index in [-0.39, 0.29) is 42.2 Å². The Morgan fingerprint density at radius 2 is 1.87 bits per heavy atom. The van der Waals surface area contributed by atoms with E-state index >= 15 is 4.39 Å². The molecule has 0 fully saturated rings. The molecule has 0 aromatic heterocycles. The fourth-order valence-corrected chi connectivity index (χ4v) is 5.47. The van der Waals surface area contributed by atoms with Gasteiger partial charge in [0.2, 0.25) is 5.91 Å². The maximum Gasteiger partial charge on any atom is 0.239 e. The Bertz CT molecular complexity index is 1470. The third-order valence-corrected chi connectivity index (χ3v) is 7.20. The maximum absolute atomic E-state index is 15.4. The van der Waals surface area contributed by atoms with Crippen LogP contribution in [0, 0.1) is 17.0 Å². The number of carbonyl (C=O) groups excluding carboxylic acids is 2. The number of para-hydroxylation sites is 2. The number of Topliss-reactive ketones (excluding diaryl/α,β-unsaturated/α-hetero) is 1. The number of rotatable bonds is 6. The standard InChI is InChI=1S/C31H31F2N3O3/c1-31(2)15-25-29(27(37)16-31)30(22-12-11-20(32)14-23(22)33)36(26-10-5-4-9-24(26)35-25)18-28(38)34-17-19-7-6-8-21(13-19)39-3/h4-14,30,35H,15-18H2,1-3H3,(H,34,38). The van der Waals surface area contributed by atoms with E-state index in [1.807, 2.05) is 62.4 Å². The molecule has 3 aromatic rings. The van der Waals surface area contributed by atoms with Gasteiger partial charge in [0, 0.05) is 35.9 Å². The second-order valence-electron chi connectivity index (χ2n) is 10.8. The molecule has 0 saturated heterocycles. The van der Waals surface area contributed by atoms with Crippen LogP contribution in [0.25, 0.3) is 0 Å². The summed E-state index contributed by atoms with van der Waals surface area (Å²) in [6.45, 7) is 4.15. The molecule has 3 aromatic carbocycles. The number of benzene rings is 3. The van der Waals surface area contributed by atoms with Gasteiger partial charge in [0.1, 0.15) is 17.4 Å². The summed E-state index contributed by atoms with van der Waals surface area (Å²) in [5.41, 5.74) is 3.14. The van der Waals surface area contributed by atoms with Gasteiger partial charge in [-0.25, -0.2) is 8.78 Å². The van der Waals surface area contributed by atoms with Crippen molar-refractivity contribution in [2.75, 3.05) is 23.9 Å². The minimum atomic E-state index is -0.928. The van der Waals surface area contributed by atoms with E-state index in [1.54, 1.807) is 12.0 Å². The van der Waals surface area contributed by atoms with Gasteiger partial charge in [-0.3, -0.25) is 9.59 Å². The summed E-state index contributed by atoms with van der Waals surface area (Å²) in [4.78, 5) is 28.8. The Labute approximate surface area is 226 Å². The molecule has 1 amide bonds. The van der Waals surface area contributed by atoms with E-state index in [1.165, 1.54) is 12.1 Å². The van der Waals surface area contributed by atoms with Crippen LogP contribution in [0.4, 0.5) is 20.2 Å². The lowest BCUT2D eigenvalue weighted by Gasteiger charge is -2.38. The fourth-order valence-electron chi connectivity index (χ4n) is 5.47. The monoisotopic (exact) mass is 531 g/mol. The summed E-state index contributed by atoms with van der Waals surface area (Å²) < 4.78 is 34.6. The fraction of sp³-hybridized carbons (Fsp3) is 0.290. The van der Waals surface area contributed by atoms with Crippen LogP contribution in [0.5, 0.6) is 5.75 Å². The first kappa shape index (κ1) is 26.4. The van der Waals surface area contributed by atoms with Gasteiger partial charge in [-0.05, 0) is 47.7 Å². The Balaban J connectivity index is 1.57. The number of hydrogen-bond acceptors (Lipinski definition) is 5. The molecule has 0 bridgehead atoms. The zero-order valence-corrected chi connectivity index (χ0v) is 22.2. The number of anilines is 2. The van der Waals surface area contributed by atoms with E-state index in [4.69, 9.17) is 4.74 Å². The van der Waals surface area contributed by atoms with Crippen LogP contribution in [-0.2, 0) is 16.1 Å². The molecule has 1 aliphatic heterocycles. The second kappa shape index (κ2) is 10.5. The average molecular weight is 532 g/mol. The normalized spacial score (nSPS) is 18.0. The molecule has 202 valence electrons. The number of nitrogens with zero attached hydrogens (tertiary/aromatic N) is 1. The van der Waals surface area contributed by atoms with Gasteiger partial charge in [0.05, 0.1) is 31.1 Å². The molecule has 0 spiro atoms. The minimum absolute atomic E-state index is 0.128. The van der Waals surface area contributed by atoms with Gasteiger partial charge >= 0.3 is 0 Å². The van der Waals surface area contributed by atoms with Crippen molar-refractivity contribution in [3.05, 3.63) is 101 Å². The average Bonchev–Trinajstić information content (AvgIpc) is 3.01. The Kier molecular flexibility index (Phi) is 7.12. The van der Waals surface area contributed by atoms with Gasteiger partial charge in [-0.2, -0.15) is 0 Å². The lowest BCUT2D eigenvalue weighted by molar-refractivity contribution is -0.121. The summed E-state index contributed by atoms with van der Waals surface area (Å²) in [6, 6.07) is 17.2. The van der Waals surface area contributed by atoms with Crippen molar-refractivity contribution in [3.8, 4) is 5.75 Å². The van der Waals surface area contributed by atoms with Crippen LogP contribution in [0.1, 0.15) is 43.9 Å². The molecule has 39 heavy (non-hydrogen) atoms. The third-order valence-electron chi connectivity index (χ3n) is 7.20. The van der Waals surface area contributed by atoms with Crippen LogP contribution in [-0.4, -0.2) is 25.3 Å². The van der Waals surface area contributed by atoms with Crippen molar-refractivity contribution in [1.82, 2.24) is 5.32 Å². The first-order valence-electron chi connectivity index (χ1n) is 12.9. The smallest absolute Gasteiger partial charge is 0.239 e. The van der Waals surface area contributed by atoms with E-state index in [2.05, 4.69) is 10.6 Å². The number of nitrogens with one attached hydrogen (secondary N) is 2. The van der Waals surface area contributed by atoms with Crippen LogP contribution in [0.3, 0.4) is 0 Å². The third kappa shape index (κ3) is 5.50.